The fourth-order valence-corrected chi connectivity index (χ4v) is 5.01. The minimum absolute atomic E-state index is 0.0985. The normalized spacial score (nSPS) is 13.8. The Kier molecular flexibility index (Phi) is 29.5. The van der Waals surface area contributed by atoms with E-state index in [9.17, 15) is 0 Å². The van der Waals surface area contributed by atoms with Crippen molar-refractivity contribution in [2.24, 2.45) is 11.5 Å². The molecule has 2 unspecified atom stereocenters. The molecule has 0 amide bonds. The van der Waals surface area contributed by atoms with E-state index in [2.05, 4.69) is 20.8 Å². The van der Waals surface area contributed by atoms with Gasteiger partial charge in [-0.3, -0.25) is 0 Å². The topological polar surface area (TPSA) is 70.5 Å². The molecule has 4 nitrogen and oxygen atoms in total. The number of hydrogen-bond donors (Lipinski definition) is 2. The lowest BCUT2D eigenvalue weighted by molar-refractivity contribution is -0.167. The second-order valence-corrected chi connectivity index (χ2v) is 11.1. The smallest absolute Gasteiger partial charge is 0.158 e. The molecule has 0 bridgehead atoms. The molecular weight excluding hydrogens is 456 g/mol. The zero-order valence-electron chi connectivity index (χ0n) is 25.6. The second kappa shape index (κ2) is 30.0. The van der Waals surface area contributed by atoms with Gasteiger partial charge in [0, 0.05) is 18.8 Å². The molecule has 0 saturated carbocycles. The van der Waals surface area contributed by atoms with Gasteiger partial charge in [-0.05, 0) is 31.8 Å². The Bertz CT molecular complexity index is 469. The van der Waals surface area contributed by atoms with Crippen molar-refractivity contribution < 1.29 is 9.47 Å². The second-order valence-electron chi connectivity index (χ2n) is 11.1. The molecule has 0 saturated heterocycles. The van der Waals surface area contributed by atoms with Crippen LogP contribution in [0.15, 0.2) is 11.8 Å². The van der Waals surface area contributed by atoms with Gasteiger partial charge < -0.3 is 20.9 Å². The van der Waals surface area contributed by atoms with Crippen molar-refractivity contribution in [1.29, 1.82) is 0 Å². The van der Waals surface area contributed by atoms with Gasteiger partial charge in [-0.2, -0.15) is 0 Å². The van der Waals surface area contributed by atoms with Crippen molar-refractivity contribution in [3.05, 3.63) is 11.8 Å². The van der Waals surface area contributed by atoms with E-state index < -0.39 is 0 Å². The predicted molar refractivity (Wildman–Crippen MR) is 164 cm³/mol. The summed E-state index contributed by atoms with van der Waals surface area (Å²) >= 11 is 0. The van der Waals surface area contributed by atoms with Crippen LogP contribution in [-0.4, -0.2) is 25.5 Å². The highest BCUT2D eigenvalue weighted by Crippen LogP contribution is 2.18. The molecule has 4 N–H and O–H groups in total. The van der Waals surface area contributed by atoms with Crippen LogP contribution in [0.1, 0.15) is 175 Å². The maximum Gasteiger partial charge on any atom is 0.158 e. The molecule has 0 aromatic carbocycles. The van der Waals surface area contributed by atoms with Crippen molar-refractivity contribution >= 4 is 0 Å². The van der Waals surface area contributed by atoms with Crippen LogP contribution >= 0.6 is 0 Å². The van der Waals surface area contributed by atoms with Gasteiger partial charge in [0.25, 0.3) is 0 Å². The lowest BCUT2D eigenvalue weighted by Crippen LogP contribution is -2.29. The summed E-state index contributed by atoms with van der Waals surface area (Å²) in [5.74, 6) is 0. The summed E-state index contributed by atoms with van der Waals surface area (Å²) in [5.41, 5.74) is 12.6. The van der Waals surface area contributed by atoms with Gasteiger partial charge in [0.1, 0.15) is 0 Å². The van der Waals surface area contributed by atoms with Crippen LogP contribution in [0.25, 0.3) is 0 Å². The number of unbranched alkanes of at least 4 members (excludes halogenated alkanes) is 20. The molecule has 0 rings (SSSR count). The highest BCUT2D eigenvalue weighted by molar-refractivity contribution is 5.04. The Morgan fingerprint density at radius 1 is 0.595 bits per heavy atom. The number of nitrogens with two attached hydrogens (primary N) is 2. The van der Waals surface area contributed by atoms with E-state index >= 15 is 0 Å². The zero-order valence-corrected chi connectivity index (χ0v) is 25.6. The minimum Gasteiger partial charge on any atom is -0.400 e. The van der Waals surface area contributed by atoms with E-state index in [1.165, 1.54) is 128 Å². The monoisotopic (exact) mass is 525 g/mol. The molecule has 0 fully saturated rings. The fraction of sp³-hybridized carbons (Fsp3) is 0.939. The number of hydrogen-bond acceptors (Lipinski definition) is 4. The van der Waals surface area contributed by atoms with E-state index in [1.807, 2.05) is 6.08 Å². The lowest BCUT2D eigenvalue weighted by Gasteiger charge is -2.25. The van der Waals surface area contributed by atoms with Gasteiger partial charge in [0.2, 0.25) is 0 Å². The number of rotatable bonds is 30. The van der Waals surface area contributed by atoms with Gasteiger partial charge >= 0.3 is 0 Å². The third-order valence-electron chi connectivity index (χ3n) is 7.51. The van der Waals surface area contributed by atoms with Gasteiger partial charge in [0.05, 0.1) is 6.10 Å². The van der Waals surface area contributed by atoms with Gasteiger partial charge in [-0.15, -0.1) is 0 Å². The molecule has 0 radical (unpaired) electrons. The molecule has 0 aliphatic heterocycles. The molecule has 0 aromatic heterocycles. The van der Waals surface area contributed by atoms with E-state index in [4.69, 9.17) is 20.9 Å². The molecule has 4 heteroatoms. The van der Waals surface area contributed by atoms with Gasteiger partial charge in [-0.1, -0.05) is 149 Å². The van der Waals surface area contributed by atoms with Crippen molar-refractivity contribution in [2.45, 2.75) is 187 Å². The highest BCUT2D eigenvalue weighted by atomic mass is 16.7. The van der Waals surface area contributed by atoms with Crippen LogP contribution in [0.3, 0.4) is 0 Å². The Morgan fingerprint density at radius 2 is 1.00 bits per heavy atom. The predicted octanol–water partition coefficient (Wildman–Crippen LogP) is 9.94. The molecule has 2 atom stereocenters. The van der Waals surface area contributed by atoms with Crippen LogP contribution in [0.5, 0.6) is 0 Å². The Balaban J connectivity index is 4.09. The largest absolute Gasteiger partial charge is 0.400 e. The van der Waals surface area contributed by atoms with Crippen LogP contribution < -0.4 is 11.5 Å². The lowest BCUT2D eigenvalue weighted by atomic mass is 10.0. The standard InChI is InChI=1S/C33H68N2O2/c1-4-7-9-11-13-15-17-18-19-21-23-25-27-33(37-32(6-3)31(35)28-29-34)36-30-26-24-22-20-16-14-12-10-8-5-2/h28,32-33H,4-27,29-30,34-35H2,1-3H3. The van der Waals surface area contributed by atoms with Crippen molar-refractivity contribution in [2.75, 3.05) is 13.2 Å². The summed E-state index contributed by atoms with van der Waals surface area (Å²) in [5, 5.41) is 0. The first-order chi connectivity index (χ1) is 18.2. The van der Waals surface area contributed by atoms with Crippen LogP contribution in [0.4, 0.5) is 0 Å². The minimum atomic E-state index is -0.156. The Morgan fingerprint density at radius 3 is 1.41 bits per heavy atom. The maximum absolute atomic E-state index is 6.33. The maximum atomic E-state index is 6.33. The van der Waals surface area contributed by atoms with E-state index in [1.54, 1.807) is 0 Å². The molecule has 0 aliphatic rings. The quantitative estimate of drug-likeness (QED) is 0.0724. The van der Waals surface area contributed by atoms with Gasteiger partial charge in [0.15, 0.2) is 6.29 Å². The third kappa shape index (κ3) is 25.5. The molecule has 222 valence electrons. The van der Waals surface area contributed by atoms with Crippen LogP contribution in [0.2, 0.25) is 0 Å². The SMILES string of the molecule is CCCCCCCCCCCCCCC(OCCCCCCCCCCCC)OC(CC)C(N)=CCN. The van der Waals surface area contributed by atoms with E-state index in [0.29, 0.717) is 6.54 Å². The molecular formula is C33H68N2O2. The average molecular weight is 525 g/mol. The first kappa shape index (κ1) is 36.4. The summed E-state index contributed by atoms with van der Waals surface area (Å²) in [6.45, 7) is 7.93. The summed E-state index contributed by atoms with van der Waals surface area (Å²) in [6, 6.07) is 0. The fourth-order valence-electron chi connectivity index (χ4n) is 5.01. The van der Waals surface area contributed by atoms with E-state index in [0.717, 1.165) is 38.0 Å². The van der Waals surface area contributed by atoms with Crippen LogP contribution in [-0.2, 0) is 9.47 Å². The summed E-state index contributed by atoms with van der Waals surface area (Å²) < 4.78 is 12.6. The summed E-state index contributed by atoms with van der Waals surface area (Å²) in [6.07, 6.45) is 33.2. The summed E-state index contributed by atoms with van der Waals surface area (Å²) in [4.78, 5) is 0. The first-order valence-electron chi connectivity index (χ1n) is 16.6. The van der Waals surface area contributed by atoms with Crippen molar-refractivity contribution in [1.82, 2.24) is 0 Å². The molecule has 0 spiro atoms. The van der Waals surface area contributed by atoms with Gasteiger partial charge in [-0.25, -0.2) is 0 Å². The van der Waals surface area contributed by atoms with E-state index in [-0.39, 0.29) is 12.4 Å². The zero-order chi connectivity index (χ0) is 27.2. The van der Waals surface area contributed by atoms with Crippen LogP contribution in [0, 0.1) is 0 Å². The third-order valence-corrected chi connectivity index (χ3v) is 7.51. The first-order valence-corrected chi connectivity index (χ1v) is 16.6. The van der Waals surface area contributed by atoms with Crippen molar-refractivity contribution in [3.63, 3.8) is 0 Å². The Labute approximate surface area is 233 Å². The van der Waals surface area contributed by atoms with Crippen molar-refractivity contribution in [3.8, 4) is 0 Å². The highest BCUT2D eigenvalue weighted by Gasteiger charge is 2.17. The summed E-state index contributed by atoms with van der Waals surface area (Å²) in [7, 11) is 0. The average Bonchev–Trinajstić information content (AvgIpc) is 2.90. The number of ether oxygens (including phenoxy) is 2. The molecule has 0 aromatic rings. The molecule has 0 heterocycles. The molecule has 0 aliphatic carbocycles. The molecule has 37 heavy (non-hydrogen) atoms. The Hall–Kier alpha value is -0.580.